The van der Waals surface area contributed by atoms with Crippen LogP contribution < -0.4 is 5.32 Å². The van der Waals surface area contributed by atoms with Crippen molar-refractivity contribution in [3.8, 4) is 10.6 Å². The van der Waals surface area contributed by atoms with Crippen LogP contribution in [0.2, 0.25) is 0 Å². The van der Waals surface area contributed by atoms with Gasteiger partial charge in [-0.3, -0.25) is 4.79 Å². The molecule has 5 nitrogen and oxygen atoms in total. The number of rotatable bonds is 6. The number of amides is 1. The van der Waals surface area contributed by atoms with Crippen LogP contribution >= 0.6 is 11.3 Å². The van der Waals surface area contributed by atoms with Gasteiger partial charge in [0.25, 0.3) is 0 Å². The second-order valence-electron chi connectivity index (χ2n) is 7.49. The summed E-state index contributed by atoms with van der Waals surface area (Å²) >= 11 is 1.56. The Morgan fingerprint density at radius 3 is 2.52 bits per heavy atom. The van der Waals surface area contributed by atoms with E-state index in [9.17, 15) is 4.79 Å². The molecule has 0 fully saturated rings. The molecule has 29 heavy (non-hydrogen) atoms. The molecule has 0 saturated carbocycles. The number of fused-ring (bicyclic) bond motifs is 1. The third kappa shape index (κ3) is 4.07. The lowest BCUT2D eigenvalue weighted by atomic mass is 10.0. The topological polar surface area (TPSA) is 59.8 Å². The summed E-state index contributed by atoms with van der Waals surface area (Å²) in [4.78, 5) is 22.2. The maximum atomic E-state index is 12.8. The lowest BCUT2D eigenvalue weighted by molar-refractivity contribution is -0.121. The highest BCUT2D eigenvalue weighted by molar-refractivity contribution is 7.13. The number of aryl methyl sites for hydroxylation is 1. The van der Waals surface area contributed by atoms with Gasteiger partial charge in [-0.15, -0.1) is 11.3 Å². The number of nitrogens with zero attached hydrogens (tertiary/aromatic N) is 3. The van der Waals surface area contributed by atoms with Crippen molar-refractivity contribution in [2.24, 2.45) is 13.0 Å². The molecule has 6 heteroatoms. The van der Waals surface area contributed by atoms with Gasteiger partial charge in [0, 0.05) is 18.0 Å². The van der Waals surface area contributed by atoms with Gasteiger partial charge in [0.1, 0.15) is 10.8 Å². The van der Waals surface area contributed by atoms with Gasteiger partial charge in [0.15, 0.2) is 0 Å². The van der Waals surface area contributed by atoms with Crippen LogP contribution in [0.5, 0.6) is 0 Å². The van der Waals surface area contributed by atoms with E-state index in [-0.39, 0.29) is 24.3 Å². The molecule has 0 aliphatic carbocycles. The van der Waals surface area contributed by atoms with Gasteiger partial charge >= 0.3 is 0 Å². The summed E-state index contributed by atoms with van der Waals surface area (Å²) in [6, 6.07) is 17.9. The SMILES string of the molecule is CC(C)[C@H](NC(=O)Cc1csc(-c2ccccc2)n1)c1nc2ccccc2n1C. The summed E-state index contributed by atoms with van der Waals surface area (Å²) in [7, 11) is 2.00. The Kier molecular flexibility index (Phi) is 5.45. The van der Waals surface area contributed by atoms with E-state index in [1.54, 1.807) is 11.3 Å². The molecule has 4 rings (SSSR count). The van der Waals surface area contributed by atoms with E-state index >= 15 is 0 Å². The van der Waals surface area contributed by atoms with Crippen LogP contribution in [0.4, 0.5) is 0 Å². The quantitative estimate of drug-likeness (QED) is 0.504. The van der Waals surface area contributed by atoms with Crippen molar-refractivity contribution in [1.82, 2.24) is 19.9 Å². The number of carbonyl (C=O) groups is 1. The molecule has 0 bridgehead atoms. The fraction of sp³-hybridized carbons (Fsp3) is 0.261. The average molecular weight is 405 g/mol. The van der Waals surface area contributed by atoms with Crippen LogP contribution in [0.1, 0.15) is 31.4 Å². The molecule has 1 N–H and O–H groups in total. The van der Waals surface area contributed by atoms with Gasteiger partial charge in [-0.1, -0.05) is 56.3 Å². The largest absolute Gasteiger partial charge is 0.346 e. The standard InChI is InChI=1S/C23H24N4OS/c1-15(2)21(22-25-18-11-7-8-12-19(18)27(22)3)26-20(28)13-17-14-29-23(24-17)16-9-5-4-6-10-16/h4-12,14-15,21H,13H2,1-3H3,(H,26,28)/t21-/m0/s1. The summed E-state index contributed by atoms with van der Waals surface area (Å²) in [6.07, 6.45) is 0.260. The monoisotopic (exact) mass is 404 g/mol. The number of imidazole rings is 1. The van der Waals surface area contributed by atoms with Gasteiger partial charge in [-0.25, -0.2) is 9.97 Å². The predicted octanol–water partition coefficient (Wildman–Crippen LogP) is 4.75. The fourth-order valence-electron chi connectivity index (χ4n) is 3.46. The van der Waals surface area contributed by atoms with Crippen molar-refractivity contribution in [2.45, 2.75) is 26.3 Å². The molecular formula is C23H24N4OS. The number of aromatic nitrogens is 3. The molecule has 4 aromatic rings. The molecule has 2 aromatic carbocycles. The van der Waals surface area contributed by atoms with Gasteiger partial charge in [-0.05, 0) is 18.1 Å². The molecule has 2 heterocycles. The molecule has 1 amide bonds. The number of benzene rings is 2. The summed E-state index contributed by atoms with van der Waals surface area (Å²) in [5.74, 6) is 1.04. The van der Waals surface area contributed by atoms with Crippen LogP contribution in [-0.4, -0.2) is 20.4 Å². The number of hydrogen-bond acceptors (Lipinski definition) is 4. The Morgan fingerprint density at radius 1 is 1.07 bits per heavy atom. The Labute approximate surface area is 174 Å². The average Bonchev–Trinajstić information content (AvgIpc) is 3.32. The zero-order valence-corrected chi connectivity index (χ0v) is 17.6. The van der Waals surface area contributed by atoms with Crippen LogP contribution in [0.25, 0.3) is 21.6 Å². The minimum absolute atomic E-state index is 0.0410. The molecule has 0 aliphatic heterocycles. The fourth-order valence-corrected chi connectivity index (χ4v) is 4.29. The van der Waals surface area contributed by atoms with Gasteiger partial charge in [0.05, 0.1) is 29.2 Å². The first-order valence-corrected chi connectivity index (χ1v) is 10.6. The van der Waals surface area contributed by atoms with E-state index in [4.69, 9.17) is 4.98 Å². The molecule has 1 atom stereocenters. The van der Waals surface area contributed by atoms with Gasteiger partial charge in [-0.2, -0.15) is 0 Å². The van der Waals surface area contributed by atoms with E-state index in [0.29, 0.717) is 0 Å². The van der Waals surface area contributed by atoms with Crippen LogP contribution in [0, 0.1) is 5.92 Å². The Hall–Kier alpha value is -2.99. The maximum Gasteiger partial charge on any atom is 0.226 e. The lowest BCUT2D eigenvalue weighted by Crippen LogP contribution is -2.34. The molecule has 2 aromatic heterocycles. The third-order valence-corrected chi connectivity index (χ3v) is 5.94. The Bertz CT molecular complexity index is 1130. The predicted molar refractivity (Wildman–Crippen MR) is 118 cm³/mol. The third-order valence-electron chi connectivity index (χ3n) is 5.00. The Morgan fingerprint density at radius 2 is 1.79 bits per heavy atom. The molecule has 0 radical (unpaired) electrons. The molecule has 0 spiro atoms. The second-order valence-corrected chi connectivity index (χ2v) is 8.35. The van der Waals surface area contributed by atoms with Crippen molar-refractivity contribution in [2.75, 3.05) is 0 Å². The maximum absolute atomic E-state index is 12.8. The van der Waals surface area contributed by atoms with Crippen molar-refractivity contribution in [1.29, 1.82) is 0 Å². The highest BCUT2D eigenvalue weighted by Gasteiger charge is 2.24. The van der Waals surface area contributed by atoms with Crippen molar-refractivity contribution >= 4 is 28.3 Å². The molecule has 0 aliphatic rings. The zero-order valence-electron chi connectivity index (χ0n) is 16.8. The summed E-state index contributed by atoms with van der Waals surface area (Å²) < 4.78 is 2.07. The summed E-state index contributed by atoms with van der Waals surface area (Å²) in [6.45, 7) is 4.20. The van der Waals surface area contributed by atoms with Crippen LogP contribution in [0.3, 0.4) is 0 Å². The zero-order chi connectivity index (χ0) is 20.4. The minimum atomic E-state index is -0.160. The van der Waals surface area contributed by atoms with Crippen molar-refractivity contribution < 1.29 is 4.79 Å². The van der Waals surface area contributed by atoms with Gasteiger partial charge < -0.3 is 9.88 Å². The van der Waals surface area contributed by atoms with E-state index < -0.39 is 0 Å². The number of carbonyl (C=O) groups excluding carboxylic acids is 1. The highest BCUT2D eigenvalue weighted by Crippen LogP contribution is 2.26. The first kappa shape index (κ1) is 19.3. The minimum Gasteiger partial charge on any atom is -0.346 e. The second kappa shape index (κ2) is 8.17. The Balaban J connectivity index is 1.51. The van der Waals surface area contributed by atoms with E-state index in [2.05, 4.69) is 28.7 Å². The van der Waals surface area contributed by atoms with E-state index in [0.717, 1.165) is 33.1 Å². The first-order valence-electron chi connectivity index (χ1n) is 9.73. The number of nitrogens with one attached hydrogen (secondary N) is 1. The summed E-state index contributed by atoms with van der Waals surface area (Å²) in [5, 5.41) is 6.07. The first-order chi connectivity index (χ1) is 14.0. The molecule has 0 saturated heterocycles. The molecule has 148 valence electrons. The lowest BCUT2D eigenvalue weighted by Gasteiger charge is -2.22. The smallest absolute Gasteiger partial charge is 0.226 e. The summed E-state index contributed by atoms with van der Waals surface area (Å²) in [5.41, 5.74) is 3.87. The van der Waals surface area contributed by atoms with Crippen LogP contribution in [-0.2, 0) is 18.3 Å². The number of para-hydroxylation sites is 2. The van der Waals surface area contributed by atoms with E-state index in [1.165, 1.54) is 0 Å². The van der Waals surface area contributed by atoms with Crippen LogP contribution in [0.15, 0.2) is 60.0 Å². The van der Waals surface area contributed by atoms with Gasteiger partial charge in [0.2, 0.25) is 5.91 Å². The number of thiazole rings is 1. The number of hydrogen-bond donors (Lipinski definition) is 1. The molecular weight excluding hydrogens is 380 g/mol. The van der Waals surface area contributed by atoms with Crippen molar-refractivity contribution in [3.05, 3.63) is 71.5 Å². The van der Waals surface area contributed by atoms with Crippen molar-refractivity contribution in [3.63, 3.8) is 0 Å². The van der Waals surface area contributed by atoms with E-state index in [1.807, 2.05) is 67.0 Å². The normalized spacial score (nSPS) is 12.4. The molecule has 0 unspecified atom stereocenters. The highest BCUT2D eigenvalue weighted by atomic mass is 32.1.